The van der Waals surface area contributed by atoms with Crippen LogP contribution >= 0.6 is 0 Å². The Morgan fingerprint density at radius 2 is 2.12 bits per heavy atom. The van der Waals surface area contributed by atoms with Gasteiger partial charge in [0.15, 0.2) is 0 Å². The van der Waals surface area contributed by atoms with Crippen LogP contribution in [0.4, 0.5) is 0 Å². The molecule has 1 unspecified atom stereocenters. The van der Waals surface area contributed by atoms with E-state index in [2.05, 4.69) is 24.3 Å². The van der Waals surface area contributed by atoms with Crippen LogP contribution in [0.25, 0.3) is 5.57 Å². The maximum atomic E-state index is 9.97. The largest absolute Gasteiger partial charge is 0.384 e. The van der Waals surface area contributed by atoms with Gasteiger partial charge in [0.25, 0.3) is 0 Å². The van der Waals surface area contributed by atoms with Gasteiger partial charge in [-0.25, -0.2) is 0 Å². The van der Waals surface area contributed by atoms with Crippen molar-refractivity contribution in [2.24, 2.45) is 0 Å². The molecule has 0 heterocycles. The highest BCUT2D eigenvalue weighted by atomic mass is 16.3. The minimum absolute atomic E-state index is 0.416. The van der Waals surface area contributed by atoms with Gasteiger partial charge in [-0.2, -0.15) is 0 Å². The van der Waals surface area contributed by atoms with E-state index in [-0.39, 0.29) is 0 Å². The summed E-state index contributed by atoms with van der Waals surface area (Å²) in [6, 6.07) is 8.15. The number of benzene rings is 1. The molecule has 0 fully saturated rings. The van der Waals surface area contributed by atoms with Crippen molar-refractivity contribution in [3.63, 3.8) is 0 Å². The van der Waals surface area contributed by atoms with Crippen LogP contribution in [0.15, 0.2) is 54.1 Å². The first-order valence-electron chi connectivity index (χ1n) is 6.17. The van der Waals surface area contributed by atoms with Gasteiger partial charge >= 0.3 is 0 Å². The van der Waals surface area contributed by atoms with Crippen molar-refractivity contribution in [2.45, 2.75) is 25.4 Å². The van der Waals surface area contributed by atoms with E-state index in [4.69, 9.17) is 0 Å². The molecule has 0 amide bonds. The molecule has 0 saturated carbocycles. The first-order valence-corrected chi connectivity index (χ1v) is 6.17. The van der Waals surface area contributed by atoms with Crippen molar-refractivity contribution in [3.8, 4) is 0 Å². The Morgan fingerprint density at radius 1 is 1.24 bits per heavy atom. The summed E-state index contributed by atoms with van der Waals surface area (Å²) in [7, 11) is 0. The van der Waals surface area contributed by atoms with Crippen molar-refractivity contribution < 1.29 is 5.11 Å². The number of rotatable bonds is 2. The van der Waals surface area contributed by atoms with Crippen molar-refractivity contribution in [1.82, 2.24) is 0 Å². The molecule has 2 aliphatic carbocycles. The monoisotopic (exact) mass is 224 g/mol. The van der Waals surface area contributed by atoms with E-state index >= 15 is 0 Å². The molecule has 2 aliphatic rings. The van der Waals surface area contributed by atoms with Gasteiger partial charge in [-0.15, -0.1) is 0 Å². The number of aliphatic hydroxyl groups is 1. The smallest absolute Gasteiger partial charge is 0.0983 e. The molecular formula is C16H16O. The van der Waals surface area contributed by atoms with Gasteiger partial charge in [0.2, 0.25) is 0 Å². The standard InChI is InChI=1S/C16H16O/c17-16-11-13(10-12-6-2-1-3-7-12)14-8-4-5-9-15(14)16/h1-2,4-6,8-9,11,16-17H,3,7,10H2. The maximum absolute atomic E-state index is 9.97. The number of allylic oxidation sites excluding steroid dienone is 5. The van der Waals surface area contributed by atoms with Gasteiger partial charge < -0.3 is 5.11 Å². The highest BCUT2D eigenvalue weighted by Crippen LogP contribution is 2.38. The van der Waals surface area contributed by atoms with Crippen LogP contribution in [-0.4, -0.2) is 5.11 Å². The van der Waals surface area contributed by atoms with Crippen molar-refractivity contribution in [3.05, 3.63) is 65.3 Å². The van der Waals surface area contributed by atoms with Crippen LogP contribution in [-0.2, 0) is 0 Å². The molecule has 17 heavy (non-hydrogen) atoms. The van der Waals surface area contributed by atoms with E-state index in [0.717, 1.165) is 24.8 Å². The Bertz CT molecular complexity index is 520. The highest BCUT2D eigenvalue weighted by molar-refractivity contribution is 5.75. The molecule has 1 aromatic carbocycles. The SMILES string of the molecule is OC1C=C(CC2=CC=CCC2)c2ccccc21. The molecule has 1 N–H and O–H groups in total. The normalized spacial score (nSPS) is 22.1. The molecule has 86 valence electrons. The Hall–Kier alpha value is -1.60. The predicted octanol–water partition coefficient (Wildman–Crippen LogP) is 3.78. The number of aliphatic hydroxyl groups excluding tert-OH is 1. The summed E-state index contributed by atoms with van der Waals surface area (Å²) in [5, 5.41) is 9.97. The number of hydrogen-bond donors (Lipinski definition) is 1. The zero-order valence-corrected chi connectivity index (χ0v) is 9.76. The van der Waals surface area contributed by atoms with Crippen molar-refractivity contribution >= 4 is 5.57 Å². The van der Waals surface area contributed by atoms with Crippen LogP contribution in [0.3, 0.4) is 0 Å². The molecular weight excluding hydrogens is 208 g/mol. The minimum atomic E-state index is -0.416. The second kappa shape index (κ2) is 4.34. The lowest BCUT2D eigenvalue weighted by Crippen LogP contribution is -1.91. The second-order valence-electron chi connectivity index (χ2n) is 4.69. The molecule has 1 atom stereocenters. The van der Waals surface area contributed by atoms with E-state index in [0.29, 0.717) is 0 Å². The van der Waals surface area contributed by atoms with Gasteiger partial charge in [0.1, 0.15) is 0 Å². The molecule has 0 aliphatic heterocycles. The van der Waals surface area contributed by atoms with Crippen LogP contribution in [0.1, 0.15) is 36.5 Å². The fourth-order valence-corrected chi connectivity index (χ4v) is 2.62. The number of hydrogen-bond acceptors (Lipinski definition) is 1. The van der Waals surface area contributed by atoms with Crippen LogP contribution < -0.4 is 0 Å². The molecule has 0 saturated heterocycles. The van der Waals surface area contributed by atoms with Crippen LogP contribution in [0.2, 0.25) is 0 Å². The lowest BCUT2D eigenvalue weighted by Gasteiger charge is -2.10. The Labute approximate surface area is 102 Å². The van der Waals surface area contributed by atoms with E-state index in [1.807, 2.05) is 24.3 Å². The maximum Gasteiger partial charge on any atom is 0.0983 e. The van der Waals surface area contributed by atoms with E-state index in [9.17, 15) is 5.11 Å². The fourth-order valence-electron chi connectivity index (χ4n) is 2.62. The van der Waals surface area contributed by atoms with Gasteiger partial charge in [-0.3, -0.25) is 0 Å². The molecule has 0 aromatic heterocycles. The topological polar surface area (TPSA) is 20.2 Å². The van der Waals surface area contributed by atoms with Crippen LogP contribution in [0, 0.1) is 0 Å². The third-order valence-electron chi connectivity index (χ3n) is 3.50. The third-order valence-corrected chi connectivity index (χ3v) is 3.50. The average molecular weight is 224 g/mol. The zero-order valence-electron chi connectivity index (χ0n) is 9.76. The fraction of sp³-hybridized carbons (Fsp3) is 0.250. The Morgan fingerprint density at radius 3 is 2.94 bits per heavy atom. The molecule has 1 nitrogen and oxygen atoms in total. The molecule has 1 heteroatoms. The second-order valence-corrected chi connectivity index (χ2v) is 4.69. The zero-order chi connectivity index (χ0) is 11.7. The van der Waals surface area contributed by atoms with Gasteiger partial charge in [-0.05, 0) is 42.0 Å². The molecule has 0 radical (unpaired) electrons. The predicted molar refractivity (Wildman–Crippen MR) is 70.5 cm³/mol. The summed E-state index contributed by atoms with van der Waals surface area (Å²) in [5.74, 6) is 0. The third kappa shape index (κ3) is 1.98. The summed E-state index contributed by atoms with van der Waals surface area (Å²) >= 11 is 0. The lowest BCUT2D eigenvalue weighted by atomic mass is 9.95. The van der Waals surface area contributed by atoms with Gasteiger partial charge in [0.05, 0.1) is 6.10 Å². The van der Waals surface area contributed by atoms with Crippen LogP contribution in [0.5, 0.6) is 0 Å². The summed E-state index contributed by atoms with van der Waals surface area (Å²) in [4.78, 5) is 0. The highest BCUT2D eigenvalue weighted by Gasteiger charge is 2.21. The lowest BCUT2D eigenvalue weighted by molar-refractivity contribution is 0.232. The summed E-state index contributed by atoms with van der Waals surface area (Å²) in [6.07, 6.45) is 11.4. The van der Waals surface area contributed by atoms with Gasteiger partial charge in [0, 0.05) is 0 Å². The van der Waals surface area contributed by atoms with Crippen molar-refractivity contribution in [1.29, 1.82) is 0 Å². The van der Waals surface area contributed by atoms with Crippen molar-refractivity contribution in [2.75, 3.05) is 0 Å². The minimum Gasteiger partial charge on any atom is -0.384 e. The summed E-state index contributed by atoms with van der Waals surface area (Å²) in [5.41, 5.74) is 5.00. The van der Waals surface area contributed by atoms with Gasteiger partial charge in [-0.1, -0.05) is 48.1 Å². The summed E-state index contributed by atoms with van der Waals surface area (Å²) in [6.45, 7) is 0. The van der Waals surface area contributed by atoms with E-state index in [1.165, 1.54) is 16.7 Å². The Kier molecular flexibility index (Phi) is 2.69. The quantitative estimate of drug-likeness (QED) is 0.810. The molecule has 0 bridgehead atoms. The van der Waals surface area contributed by atoms with E-state index in [1.54, 1.807) is 0 Å². The first kappa shape index (κ1) is 10.5. The molecule has 3 rings (SSSR count). The average Bonchev–Trinajstić information content (AvgIpc) is 2.69. The molecule has 1 aromatic rings. The first-order chi connectivity index (χ1) is 8.34. The number of fused-ring (bicyclic) bond motifs is 1. The Balaban J connectivity index is 1.88. The summed E-state index contributed by atoms with van der Waals surface area (Å²) < 4.78 is 0. The van der Waals surface area contributed by atoms with E-state index < -0.39 is 6.10 Å². The molecule has 0 spiro atoms.